The number of aliphatic hydroxyl groups is 2. The van der Waals surface area contributed by atoms with E-state index in [0.29, 0.717) is 11.3 Å². The van der Waals surface area contributed by atoms with Gasteiger partial charge in [-0.2, -0.15) is 13.2 Å². The van der Waals surface area contributed by atoms with Gasteiger partial charge in [-0.15, -0.1) is 0 Å². The molecule has 2 atom stereocenters. The van der Waals surface area contributed by atoms with E-state index in [9.17, 15) is 18.3 Å². The number of methoxy groups -OCH3 is 1. The summed E-state index contributed by atoms with van der Waals surface area (Å²) in [5, 5.41) is 18.1. The normalized spacial score (nSPS) is 15.1. The van der Waals surface area contributed by atoms with Crippen molar-refractivity contribution >= 4 is 0 Å². The average Bonchev–Trinajstić information content (AvgIpc) is 2.36. The third-order valence-corrected chi connectivity index (χ3v) is 2.92. The minimum Gasteiger partial charge on any atom is -0.496 e. The standard InChI is InChI=1S/C13H17F3O3/c1-8(5-10(18)7-17)11-6-9(13(14,15)16)3-4-12(11)19-2/h3-4,6,8,10,17-18H,5,7H2,1-2H3. The third kappa shape index (κ3) is 4.11. The minimum atomic E-state index is -4.42. The summed E-state index contributed by atoms with van der Waals surface area (Å²) >= 11 is 0. The topological polar surface area (TPSA) is 49.7 Å². The first-order valence-electron chi connectivity index (χ1n) is 5.83. The molecule has 0 bridgehead atoms. The molecule has 0 aliphatic rings. The van der Waals surface area contributed by atoms with Crippen molar-refractivity contribution in [1.82, 2.24) is 0 Å². The predicted octanol–water partition coefficient (Wildman–Crippen LogP) is 2.56. The number of alkyl halides is 3. The molecule has 2 unspecified atom stereocenters. The van der Waals surface area contributed by atoms with E-state index in [4.69, 9.17) is 9.84 Å². The van der Waals surface area contributed by atoms with Crippen LogP contribution in [0.4, 0.5) is 13.2 Å². The number of ether oxygens (including phenoxy) is 1. The zero-order valence-corrected chi connectivity index (χ0v) is 10.7. The van der Waals surface area contributed by atoms with Gasteiger partial charge in [-0.3, -0.25) is 0 Å². The molecule has 0 saturated heterocycles. The van der Waals surface area contributed by atoms with E-state index in [0.717, 1.165) is 12.1 Å². The Hall–Kier alpha value is -1.27. The Balaban J connectivity index is 3.08. The lowest BCUT2D eigenvalue weighted by molar-refractivity contribution is -0.137. The van der Waals surface area contributed by atoms with E-state index in [-0.39, 0.29) is 12.3 Å². The van der Waals surface area contributed by atoms with Gasteiger partial charge < -0.3 is 14.9 Å². The Bertz CT molecular complexity index is 418. The minimum absolute atomic E-state index is 0.161. The van der Waals surface area contributed by atoms with Crippen LogP contribution in [-0.2, 0) is 6.18 Å². The molecule has 0 aromatic heterocycles. The van der Waals surface area contributed by atoms with Crippen LogP contribution in [0, 0.1) is 0 Å². The van der Waals surface area contributed by atoms with Gasteiger partial charge in [-0.25, -0.2) is 0 Å². The first kappa shape index (κ1) is 15.8. The molecule has 6 heteroatoms. The maximum absolute atomic E-state index is 12.7. The first-order chi connectivity index (χ1) is 8.79. The number of hydrogen-bond donors (Lipinski definition) is 2. The van der Waals surface area contributed by atoms with Gasteiger partial charge in [0, 0.05) is 0 Å². The number of rotatable bonds is 5. The highest BCUT2D eigenvalue weighted by molar-refractivity contribution is 5.40. The first-order valence-corrected chi connectivity index (χ1v) is 5.83. The van der Waals surface area contributed by atoms with Crippen molar-refractivity contribution in [2.45, 2.75) is 31.5 Å². The zero-order chi connectivity index (χ0) is 14.6. The molecule has 0 radical (unpaired) electrons. The van der Waals surface area contributed by atoms with E-state index >= 15 is 0 Å². The zero-order valence-electron chi connectivity index (χ0n) is 10.7. The van der Waals surface area contributed by atoms with Crippen molar-refractivity contribution in [3.05, 3.63) is 29.3 Å². The second kappa shape index (κ2) is 6.25. The van der Waals surface area contributed by atoms with E-state index in [1.807, 2.05) is 0 Å². The maximum Gasteiger partial charge on any atom is 0.416 e. The number of benzene rings is 1. The van der Waals surface area contributed by atoms with Gasteiger partial charge in [0.25, 0.3) is 0 Å². The fraction of sp³-hybridized carbons (Fsp3) is 0.538. The van der Waals surface area contributed by atoms with Gasteiger partial charge in [0.15, 0.2) is 0 Å². The van der Waals surface area contributed by atoms with Crippen molar-refractivity contribution in [2.24, 2.45) is 0 Å². The summed E-state index contributed by atoms with van der Waals surface area (Å²) in [5.74, 6) is -0.0231. The van der Waals surface area contributed by atoms with Crippen molar-refractivity contribution in [3.8, 4) is 5.75 Å². The predicted molar refractivity (Wildman–Crippen MR) is 64.1 cm³/mol. The van der Waals surface area contributed by atoms with Crippen LogP contribution in [0.1, 0.15) is 30.4 Å². The van der Waals surface area contributed by atoms with Crippen LogP contribution in [-0.4, -0.2) is 30.0 Å². The van der Waals surface area contributed by atoms with Crippen LogP contribution in [0.25, 0.3) is 0 Å². The molecule has 0 fully saturated rings. The smallest absolute Gasteiger partial charge is 0.416 e. The van der Waals surface area contributed by atoms with Crippen molar-refractivity contribution in [1.29, 1.82) is 0 Å². The lowest BCUT2D eigenvalue weighted by Gasteiger charge is -2.19. The van der Waals surface area contributed by atoms with Crippen molar-refractivity contribution in [2.75, 3.05) is 13.7 Å². The van der Waals surface area contributed by atoms with Crippen LogP contribution >= 0.6 is 0 Å². The molecule has 0 saturated carbocycles. The summed E-state index contributed by atoms with van der Waals surface area (Å²) in [4.78, 5) is 0. The molecule has 0 spiro atoms. The fourth-order valence-corrected chi connectivity index (χ4v) is 1.91. The third-order valence-electron chi connectivity index (χ3n) is 2.92. The van der Waals surface area contributed by atoms with Crippen LogP contribution < -0.4 is 4.74 Å². The Morgan fingerprint density at radius 1 is 1.32 bits per heavy atom. The molecule has 0 aliphatic carbocycles. The molecular weight excluding hydrogens is 261 g/mol. The largest absolute Gasteiger partial charge is 0.496 e. The second-order valence-corrected chi connectivity index (χ2v) is 4.43. The number of halogens is 3. The molecule has 0 aliphatic heterocycles. The lowest BCUT2D eigenvalue weighted by atomic mass is 9.93. The summed E-state index contributed by atoms with van der Waals surface area (Å²) in [6.45, 7) is 1.25. The molecule has 19 heavy (non-hydrogen) atoms. The van der Waals surface area contributed by atoms with Crippen molar-refractivity contribution < 1.29 is 28.1 Å². The van der Waals surface area contributed by atoms with E-state index < -0.39 is 24.5 Å². The van der Waals surface area contributed by atoms with Crippen LogP contribution in [0.5, 0.6) is 5.75 Å². The average molecular weight is 278 g/mol. The fourth-order valence-electron chi connectivity index (χ4n) is 1.91. The Morgan fingerprint density at radius 2 is 1.95 bits per heavy atom. The monoisotopic (exact) mass is 278 g/mol. The van der Waals surface area contributed by atoms with Crippen LogP contribution in [0.2, 0.25) is 0 Å². The van der Waals surface area contributed by atoms with E-state index in [1.165, 1.54) is 13.2 Å². The number of aliphatic hydroxyl groups excluding tert-OH is 2. The molecule has 3 nitrogen and oxygen atoms in total. The highest BCUT2D eigenvalue weighted by Crippen LogP contribution is 2.36. The van der Waals surface area contributed by atoms with Crippen molar-refractivity contribution in [3.63, 3.8) is 0 Å². The Morgan fingerprint density at radius 3 is 2.42 bits per heavy atom. The number of hydrogen-bond acceptors (Lipinski definition) is 3. The summed E-state index contributed by atoms with van der Waals surface area (Å²) in [5.41, 5.74) is -0.390. The van der Waals surface area contributed by atoms with E-state index in [2.05, 4.69) is 0 Å². The summed E-state index contributed by atoms with van der Waals surface area (Å²) in [7, 11) is 1.38. The molecule has 0 amide bonds. The quantitative estimate of drug-likeness (QED) is 0.870. The summed E-state index contributed by atoms with van der Waals surface area (Å²) in [6.07, 6.45) is -5.22. The van der Waals surface area contributed by atoms with Gasteiger partial charge in [0.1, 0.15) is 5.75 Å². The van der Waals surface area contributed by atoms with Gasteiger partial charge in [-0.05, 0) is 36.1 Å². The molecule has 1 aromatic carbocycles. The van der Waals surface area contributed by atoms with Gasteiger partial charge >= 0.3 is 6.18 Å². The SMILES string of the molecule is COc1ccc(C(F)(F)F)cc1C(C)CC(O)CO. The van der Waals surface area contributed by atoms with Crippen LogP contribution in [0.3, 0.4) is 0 Å². The van der Waals surface area contributed by atoms with Crippen LogP contribution in [0.15, 0.2) is 18.2 Å². The molecule has 1 rings (SSSR count). The highest BCUT2D eigenvalue weighted by atomic mass is 19.4. The Labute approximate surface area is 109 Å². The molecular formula is C13H17F3O3. The second-order valence-electron chi connectivity index (χ2n) is 4.43. The summed E-state index contributed by atoms with van der Waals surface area (Å²) in [6, 6.07) is 3.24. The molecule has 108 valence electrons. The summed E-state index contributed by atoms with van der Waals surface area (Å²) < 4.78 is 43.0. The van der Waals surface area contributed by atoms with Gasteiger partial charge in [0.2, 0.25) is 0 Å². The lowest BCUT2D eigenvalue weighted by Crippen LogP contribution is -2.16. The maximum atomic E-state index is 12.7. The molecule has 1 aromatic rings. The molecule has 0 heterocycles. The Kier molecular flexibility index (Phi) is 5.20. The van der Waals surface area contributed by atoms with Gasteiger partial charge in [0.05, 0.1) is 25.4 Å². The van der Waals surface area contributed by atoms with E-state index in [1.54, 1.807) is 6.92 Å². The highest BCUT2D eigenvalue weighted by Gasteiger charge is 2.31. The molecule has 2 N–H and O–H groups in total. The van der Waals surface area contributed by atoms with Gasteiger partial charge in [-0.1, -0.05) is 6.92 Å².